The van der Waals surface area contributed by atoms with Gasteiger partial charge in [-0.1, -0.05) is 25.1 Å². The lowest BCUT2D eigenvalue weighted by atomic mass is 10.1. The van der Waals surface area contributed by atoms with Crippen LogP contribution in [0.3, 0.4) is 0 Å². The van der Waals surface area contributed by atoms with Crippen molar-refractivity contribution in [2.45, 2.75) is 13.3 Å². The van der Waals surface area contributed by atoms with Crippen LogP contribution in [0.15, 0.2) is 54.6 Å². The highest BCUT2D eigenvalue weighted by Gasteiger charge is 2.12. The predicted octanol–water partition coefficient (Wildman–Crippen LogP) is 3.26. The number of carboxylic acid groups (broad SMARTS) is 1. The summed E-state index contributed by atoms with van der Waals surface area (Å²) in [5, 5.41) is 8.60. The van der Waals surface area contributed by atoms with Gasteiger partial charge in [0.25, 0.3) is 0 Å². The number of H-pyrrole nitrogens is 1. The van der Waals surface area contributed by atoms with Crippen molar-refractivity contribution in [1.82, 2.24) is 9.97 Å². The predicted molar refractivity (Wildman–Crippen MR) is 86.2 cm³/mol. The molecule has 0 amide bonds. The second kappa shape index (κ2) is 8.43. The van der Waals surface area contributed by atoms with Crippen LogP contribution in [-0.4, -0.2) is 27.8 Å². The number of ether oxygens (including phenoxy) is 2. The van der Waals surface area contributed by atoms with Gasteiger partial charge in [-0.25, -0.2) is 9.78 Å². The molecule has 0 fully saturated rings. The third-order valence-corrected chi connectivity index (χ3v) is 3.00. The standard InChI is InChI=1S/C14H14O4.C3H4N2/c1-2-10(4-6-14(15)16)7-11-3-5-12-13(8-11)18-9-17-12;1-2-5-3-4-1/h3-8H,2,9H2,1H3,(H,15,16);1-3H,(H,4,5). The molecule has 6 heteroatoms. The molecule has 6 nitrogen and oxygen atoms in total. The first-order chi connectivity index (χ1) is 11.2. The zero-order valence-corrected chi connectivity index (χ0v) is 12.7. The molecule has 2 aromatic rings. The van der Waals surface area contributed by atoms with E-state index < -0.39 is 5.97 Å². The zero-order valence-electron chi connectivity index (χ0n) is 12.7. The highest BCUT2D eigenvalue weighted by atomic mass is 16.7. The van der Waals surface area contributed by atoms with Crippen LogP contribution in [0.4, 0.5) is 0 Å². The largest absolute Gasteiger partial charge is 0.478 e. The number of allylic oxidation sites excluding steroid dienone is 2. The van der Waals surface area contributed by atoms with Gasteiger partial charge in [0.2, 0.25) is 6.79 Å². The van der Waals surface area contributed by atoms with Crippen molar-refractivity contribution >= 4 is 12.0 Å². The number of aromatic amines is 1. The minimum atomic E-state index is -0.944. The fraction of sp³-hybridized carbons (Fsp3) is 0.176. The highest BCUT2D eigenvalue weighted by molar-refractivity contribution is 5.80. The summed E-state index contributed by atoms with van der Waals surface area (Å²) in [6.45, 7) is 2.23. The maximum Gasteiger partial charge on any atom is 0.328 e. The number of aromatic nitrogens is 2. The molecule has 0 spiro atoms. The number of fused-ring (bicyclic) bond motifs is 1. The minimum Gasteiger partial charge on any atom is -0.478 e. The van der Waals surface area contributed by atoms with E-state index in [-0.39, 0.29) is 6.79 Å². The molecule has 1 aromatic carbocycles. The summed E-state index contributed by atoms with van der Waals surface area (Å²) >= 11 is 0. The van der Waals surface area contributed by atoms with Crippen LogP contribution in [0.25, 0.3) is 6.08 Å². The van der Waals surface area contributed by atoms with Crippen molar-refractivity contribution in [2.75, 3.05) is 6.79 Å². The first-order valence-electron chi connectivity index (χ1n) is 7.13. The van der Waals surface area contributed by atoms with Crippen molar-refractivity contribution < 1.29 is 19.4 Å². The molecule has 120 valence electrons. The summed E-state index contributed by atoms with van der Waals surface area (Å²) in [6.07, 6.45) is 10.5. The average Bonchev–Trinajstić information content (AvgIpc) is 3.24. The van der Waals surface area contributed by atoms with Gasteiger partial charge >= 0.3 is 5.97 Å². The van der Waals surface area contributed by atoms with E-state index >= 15 is 0 Å². The van der Waals surface area contributed by atoms with Gasteiger partial charge in [-0.3, -0.25) is 0 Å². The first kappa shape index (κ1) is 16.4. The lowest BCUT2D eigenvalue weighted by Gasteiger charge is -2.00. The van der Waals surface area contributed by atoms with Gasteiger partial charge < -0.3 is 19.6 Å². The third kappa shape index (κ3) is 5.35. The Bertz CT molecular complexity index is 673. The van der Waals surface area contributed by atoms with Crippen molar-refractivity contribution in [3.05, 3.63) is 60.2 Å². The second-order valence-electron chi connectivity index (χ2n) is 4.62. The van der Waals surface area contributed by atoms with Crippen molar-refractivity contribution in [3.63, 3.8) is 0 Å². The van der Waals surface area contributed by atoms with Gasteiger partial charge in [-0.05, 0) is 29.7 Å². The minimum absolute atomic E-state index is 0.252. The summed E-state index contributed by atoms with van der Waals surface area (Å²) in [4.78, 5) is 16.9. The number of imidazole rings is 1. The molecule has 0 atom stereocenters. The number of nitrogens with zero attached hydrogens (tertiary/aromatic N) is 1. The molecule has 1 aromatic heterocycles. The molecule has 0 bridgehead atoms. The van der Waals surface area contributed by atoms with Crippen LogP contribution >= 0.6 is 0 Å². The maximum absolute atomic E-state index is 10.5. The molecule has 0 saturated carbocycles. The van der Waals surface area contributed by atoms with Crippen molar-refractivity contribution in [1.29, 1.82) is 0 Å². The Morgan fingerprint density at radius 2 is 2.17 bits per heavy atom. The molecule has 1 aliphatic heterocycles. The van der Waals surface area contributed by atoms with Gasteiger partial charge in [-0.2, -0.15) is 0 Å². The molecule has 0 saturated heterocycles. The summed E-state index contributed by atoms with van der Waals surface area (Å²) in [5.74, 6) is 0.521. The summed E-state index contributed by atoms with van der Waals surface area (Å²) < 4.78 is 10.5. The quantitative estimate of drug-likeness (QED) is 0.668. The Kier molecular flexibility index (Phi) is 5.99. The average molecular weight is 314 g/mol. The van der Waals surface area contributed by atoms with E-state index in [0.29, 0.717) is 0 Å². The highest BCUT2D eigenvalue weighted by Crippen LogP contribution is 2.33. The van der Waals surface area contributed by atoms with E-state index in [0.717, 1.165) is 35.1 Å². The number of aliphatic carboxylic acids is 1. The summed E-state index contributed by atoms with van der Waals surface area (Å²) in [7, 11) is 0. The lowest BCUT2D eigenvalue weighted by molar-refractivity contribution is -0.131. The fourth-order valence-electron chi connectivity index (χ4n) is 1.88. The molecule has 2 N–H and O–H groups in total. The number of hydrogen-bond acceptors (Lipinski definition) is 4. The first-order valence-corrected chi connectivity index (χ1v) is 7.13. The SMILES string of the molecule is CCC(C=CC(=O)O)=Cc1ccc2c(c1)OCO2.c1c[nH]cn1. The molecular formula is C17H18N2O4. The summed E-state index contributed by atoms with van der Waals surface area (Å²) in [6, 6.07) is 5.65. The van der Waals surface area contributed by atoms with Gasteiger partial charge in [0.05, 0.1) is 6.33 Å². The van der Waals surface area contributed by atoms with E-state index in [1.807, 2.05) is 31.2 Å². The molecule has 2 heterocycles. The number of rotatable bonds is 4. The van der Waals surface area contributed by atoms with Gasteiger partial charge in [0.1, 0.15) is 0 Å². The molecule has 3 rings (SSSR count). The van der Waals surface area contributed by atoms with Gasteiger partial charge in [-0.15, -0.1) is 0 Å². The number of nitrogens with one attached hydrogen (secondary N) is 1. The van der Waals surface area contributed by atoms with Gasteiger partial charge in [0, 0.05) is 18.5 Å². The lowest BCUT2D eigenvalue weighted by Crippen LogP contribution is -1.92. The number of hydrogen-bond donors (Lipinski definition) is 2. The van der Waals surface area contributed by atoms with E-state index in [4.69, 9.17) is 14.6 Å². The smallest absolute Gasteiger partial charge is 0.328 e. The van der Waals surface area contributed by atoms with E-state index in [2.05, 4.69) is 9.97 Å². The maximum atomic E-state index is 10.5. The molecule has 1 aliphatic rings. The number of carbonyl (C=O) groups is 1. The Morgan fingerprint density at radius 1 is 1.35 bits per heavy atom. The Hall–Kier alpha value is -3.02. The second-order valence-corrected chi connectivity index (χ2v) is 4.62. The van der Waals surface area contributed by atoms with Crippen molar-refractivity contribution in [2.24, 2.45) is 0 Å². The van der Waals surface area contributed by atoms with Crippen LogP contribution in [0.1, 0.15) is 18.9 Å². The Balaban J connectivity index is 0.000000326. The van der Waals surface area contributed by atoms with E-state index in [1.165, 1.54) is 0 Å². The molecule has 0 unspecified atom stereocenters. The van der Waals surface area contributed by atoms with Crippen LogP contribution in [0.5, 0.6) is 11.5 Å². The van der Waals surface area contributed by atoms with Crippen LogP contribution in [0.2, 0.25) is 0 Å². The Morgan fingerprint density at radius 3 is 2.78 bits per heavy atom. The third-order valence-electron chi connectivity index (χ3n) is 3.00. The fourth-order valence-corrected chi connectivity index (χ4v) is 1.88. The van der Waals surface area contributed by atoms with E-state index in [9.17, 15) is 4.79 Å². The molecular weight excluding hydrogens is 296 g/mol. The normalized spacial score (nSPS) is 12.8. The number of carboxylic acids is 1. The monoisotopic (exact) mass is 314 g/mol. The van der Waals surface area contributed by atoms with E-state index in [1.54, 1.807) is 24.8 Å². The van der Waals surface area contributed by atoms with Crippen molar-refractivity contribution in [3.8, 4) is 11.5 Å². The summed E-state index contributed by atoms with van der Waals surface area (Å²) in [5.41, 5.74) is 1.91. The number of benzene rings is 1. The topological polar surface area (TPSA) is 84.4 Å². The molecule has 0 aliphatic carbocycles. The van der Waals surface area contributed by atoms with Crippen LogP contribution < -0.4 is 9.47 Å². The van der Waals surface area contributed by atoms with Crippen LogP contribution in [-0.2, 0) is 4.79 Å². The molecule has 23 heavy (non-hydrogen) atoms. The molecule has 0 radical (unpaired) electrons. The zero-order chi connectivity index (χ0) is 16.5. The van der Waals surface area contributed by atoms with Gasteiger partial charge in [0.15, 0.2) is 11.5 Å². The van der Waals surface area contributed by atoms with Crippen LogP contribution in [0, 0.1) is 0 Å². The Labute approximate surface area is 134 Å².